The molecule has 1 rings (SSSR count). The highest BCUT2D eigenvalue weighted by atomic mass is 35.5. The Hall–Kier alpha value is -0.633. The molecule has 0 aliphatic heterocycles. The van der Waals surface area contributed by atoms with Crippen LogP contribution >= 0.6 is 11.6 Å². The molecule has 0 saturated heterocycles. The van der Waals surface area contributed by atoms with Crippen molar-refractivity contribution in [2.24, 2.45) is 0 Å². The highest BCUT2D eigenvalue weighted by Crippen LogP contribution is 2.43. The van der Waals surface area contributed by atoms with Crippen molar-refractivity contribution in [1.82, 2.24) is 0 Å². The molecule has 0 radical (unpaired) electrons. The summed E-state index contributed by atoms with van der Waals surface area (Å²) in [5.74, 6) is -0.454. The normalized spacial score (nSPS) is 14.7. The predicted molar refractivity (Wildman–Crippen MR) is 93.6 cm³/mol. The van der Waals surface area contributed by atoms with Gasteiger partial charge in [0, 0.05) is 5.56 Å². The van der Waals surface area contributed by atoms with Crippen LogP contribution in [0.4, 0.5) is 4.39 Å². The highest BCUT2D eigenvalue weighted by molar-refractivity contribution is 7.86. The molecule has 0 N–H and O–H groups in total. The van der Waals surface area contributed by atoms with E-state index >= 15 is 0 Å². The van der Waals surface area contributed by atoms with E-state index in [2.05, 4.69) is 0 Å². The molecule has 0 fully saturated rings. The third-order valence-corrected chi connectivity index (χ3v) is 9.32. The topological polar surface area (TPSA) is 52.6 Å². The number of rotatable bonds is 5. The Kier molecular flexibility index (Phi) is 5.95. The summed E-state index contributed by atoms with van der Waals surface area (Å²) in [6.07, 6.45) is 0.131. The van der Waals surface area contributed by atoms with E-state index in [1.54, 1.807) is 6.92 Å². The predicted octanol–water partition coefficient (Wildman–Crippen LogP) is 4.90. The van der Waals surface area contributed by atoms with Crippen LogP contribution in [0.5, 0.6) is 5.75 Å². The summed E-state index contributed by atoms with van der Waals surface area (Å²) >= 11 is 6.09. The molecule has 8 heteroatoms. The first-order valence-corrected chi connectivity index (χ1v) is 12.3. The lowest BCUT2D eigenvalue weighted by Crippen LogP contribution is -2.44. The monoisotopic (exact) mass is 382 g/mol. The molecule has 4 nitrogen and oxygen atoms in total. The Balaban J connectivity index is 3.38. The molecule has 0 aromatic heterocycles. The van der Waals surface area contributed by atoms with Gasteiger partial charge in [0.15, 0.2) is 0 Å². The molecule has 0 heterocycles. The van der Waals surface area contributed by atoms with E-state index in [1.807, 2.05) is 33.9 Å². The van der Waals surface area contributed by atoms with Gasteiger partial charge < -0.3 is 4.43 Å². The maximum absolute atomic E-state index is 13.9. The fourth-order valence-electron chi connectivity index (χ4n) is 1.69. The van der Waals surface area contributed by atoms with Gasteiger partial charge in [0.1, 0.15) is 22.7 Å². The minimum Gasteiger partial charge on any atom is -0.542 e. The van der Waals surface area contributed by atoms with Crippen LogP contribution in [0, 0.1) is 5.82 Å². The summed E-state index contributed by atoms with van der Waals surface area (Å²) in [6.45, 7) is 11.7. The van der Waals surface area contributed by atoms with Crippen LogP contribution in [0.3, 0.4) is 0 Å². The van der Waals surface area contributed by atoms with Crippen molar-refractivity contribution < 1.29 is 21.4 Å². The summed E-state index contributed by atoms with van der Waals surface area (Å²) in [6, 6.07) is 2.62. The van der Waals surface area contributed by atoms with E-state index in [1.165, 1.54) is 12.1 Å². The molecule has 0 saturated carbocycles. The van der Waals surface area contributed by atoms with Crippen LogP contribution in [0.1, 0.15) is 39.4 Å². The first-order chi connectivity index (χ1) is 10.2. The first kappa shape index (κ1) is 20.4. The molecule has 0 spiro atoms. The second-order valence-corrected chi connectivity index (χ2v) is 13.8. The zero-order valence-electron chi connectivity index (χ0n) is 14.5. The van der Waals surface area contributed by atoms with Crippen LogP contribution in [0.15, 0.2) is 12.1 Å². The first-order valence-electron chi connectivity index (χ1n) is 7.21. The maximum Gasteiger partial charge on any atom is 0.264 e. The largest absolute Gasteiger partial charge is 0.542 e. The Morgan fingerprint density at radius 3 is 2.22 bits per heavy atom. The van der Waals surface area contributed by atoms with Crippen LogP contribution in [0.25, 0.3) is 0 Å². The molecular weight excluding hydrogens is 359 g/mol. The Bertz CT molecular complexity index is 683. The molecular formula is C15H24ClFO4SSi. The average Bonchev–Trinajstić information content (AvgIpc) is 2.31. The van der Waals surface area contributed by atoms with Gasteiger partial charge in [-0.3, -0.25) is 4.18 Å². The van der Waals surface area contributed by atoms with Crippen LogP contribution in [-0.2, 0) is 14.3 Å². The number of benzene rings is 1. The van der Waals surface area contributed by atoms with E-state index in [4.69, 9.17) is 20.2 Å². The summed E-state index contributed by atoms with van der Waals surface area (Å²) < 4.78 is 47.7. The van der Waals surface area contributed by atoms with Gasteiger partial charge in [-0.1, -0.05) is 32.4 Å². The summed E-state index contributed by atoms with van der Waals surface area (Å²) in [7, 11) is -5.96. The molecule has 1 aromatic carbocycles. The standard InChI is InChI=1S/C15H24ClFO4SSi/c1-10(20-22(5,18)19)11-8-9-12(17)13(16)14(11)21-23(6,7)15(2,3)4/h8-10H,1-7H3. The third-order valence-electron chi connectivity index (χ3n) is 4.00. The Labute approximate surface area is 144 Å². The minimum absolute atomic E-state index is 0.124. The zero-order chi connectivity index (χ0) is 18.2. The molecule has 0 aliphatic rings. The third kappa shape index (κ3) is 5.17. The molecule has 1 atom stereocenters. The van der Waals surface area contributed by atoms with E-state index in [0.717, 1.165) is 6.26 Å². The van der Waals surface area contributed by atoms with E-state index in [0.29, 0.717) is 5.56 Å². The van der Waals surface area contributed by atoms with E-state index < -0.39 is 30.4 Å². The van der Waals surface area contributed by atoms with Gasteiger partial charge in [-0.2, -0.15) is 8.42 Å². The second-order valence-electron chi connectivity index (χ2n) is 7.08. The van der Waals surface area contributed by atoms with Crippen LogP contribution < -0.4 is 4.43 Å². The number of hydrogen-bond donors (Lipinski definition) is 0. The van der Waals surface area contributed by atoms with Crippen molar-refractivity contribution in [1.29, 1.82) is 0 Å². The van der Waals surface area contributed by atoms with Gasteiger partial charge in [-0.15, -0.1) is 0 Å². The lowest BCUT2D eigenvalue weighted by atomic mass is 10.1. The van der Waals surface area contributed by atoms with E-state index in [-0.39, 0.29) is 15.8 Å². The minimum atomic E-state index is -3.66. The Morgan fingerprint density at radius 2 is 1.78 bits per heavy atom. The SMILES string of the molecule is CC(OS(C)(=O)=O)c1ccc(F)c(Cl)c1O[Si](C)(C)C(C)(C)C. The molecule has 1 aromatic rings. The smallest absolute Gasteiger partial charge is 0.264 e. The van der Waals surface area contributed by atoms with Gasteiger partial charge in [0.2, 0.25) is 0 Å². The van der Waals surface area contributed by atoms with Gasteiger partial charge in [0.05, 0.1) is 6.26 Å². The number of hydrogen-bond acceptors (Lipinski definition) is 4. The molecule has 0 bridgehead atoms. The van der Waals surface area contributed by atoms with E-state index in [9.17, 15) is 12.8 Å². The zero-order valence-corrected chi connectivity index (χ0v) is 17.1. The molecule has 0 amide bonds. The van der Waals surface area contributed by atoms with Gasteiger partial charge in [-0.05, 0) is 37.2 Å². The van der Waals surface area contributed by atoms with Crippen molar-refractivity contribution in [3.8, 4) is 5.75 Å². The quantitative estimate of drug-likeness (QED) is 0.536. The lowest BCUT2D eigenvalue weighted by Gasteiger charge is -2.37. The molecule has 1 unspecified atom stereocenters. The fourth-order valence-corrected chi connectivity index (χ4v) is 3.63. The summed E-state index contributed by atoms with van der Waals surface area (Å²) in [5, 5.41) is -0.280. The second kappa shape index (κ2) is 6.70. The average molecular weight is 383 g/mol. The van der Waals surface area contributed by atoms with Crippen LogP contribution in [0.2, 0.25) is 23.2 Å². The maximum atomic E-state index is 13.9. The van der Waals surface area contributed by atoms with Crippen molar-refractivity contribution in [2.75, 3.05) is 6.26 Å². The number of halogens is 2. The van der Waals surface area contributed by atoms with Gasteiger partial charge >= 0.3 is 0 Å². The van der Waals surface area contributed by atoms with Gasteiger partial charge in [0.25, 0.3) is 18.4 Å². The van der Waals surface area contributed by atoms with Crippen molar-refractivity contribution in [3.05, 3.63) is 28.5 Å². The van der Waals surface area contributed by atoms with Crippen LogP contribution in [-0.4, -0.2) is 23.0 Å². The van der Waals surface area contributed by atoms with Crippen molar-refractivity contribution >= 4 is 30.0 Å². The molecule has 132 valence electrons. The lowest BCUT2D eigenvalue weighted by molar-refractivity contribution is 0.233. The van der Waals surface area contributed by atoms with Crippen molar-refractivity contribution in [3.63, 3.8) is 0 Å². The molecule has 23 heavy (non-hydrogen) atoms. The van der Waals surface area contributed by atoms with Gasteiger partial charge in [-0.25, -0.2) is 4.39 Å². The summed E-state index contributed by atoms with van der Waals surface area (Å²) in [4.78, 5) is 0. The summed E-state index contributed by atoms with van der Waals surface area (Å²) in [5.41, 5.74) is 0.409. The van der Waals surface area contributed by atoms with Crippen molar-refractivity contribution in [2.45, 2.75) is 51.9 Å². The highest BCUT2D eigenvalue weighted by Gasteiger charge is 2.40. The Morgan fingerprint density at radius 1 is 1.26 bits per heavy atom. The fraction of sp³-hybridized carbons (Fsp3) is 0.600. The molecule has 0 aliphatic carbocycles.